The topological polar surface area (TPSA) is 71.3 Å². The van der Waals surface area contributed by atoms with Crippen molar-refractivity contribution in [3.8, 4) is 0 Å². The first-order valence-electron chi connectivity index (χ1n) is 8.55. The quantitative estimate of drug-likeness (QED) is 0.759. The van der Waals surface area contributed by atoms with Crippen molar-refractivity contribution in [2.24, 2.45) is 0 Å². The Balaban J connectivity index is 2.01. The summed E-state index contributed by atoms with van der Waals surface area (Å²) in [6.45, 7) is 5.70. The minimum absolute atomic E-state index is 0.189. The van der Waals surface area contributed by atoms with Crippen LogP contribution >= 0.6 is 0 Å². The van der Waals surface area contributed by atoms with Gasteiger partial charge in [0.1, 0.15) is 0 Å². The second-order valence-electron chi connectivity index (χ2n) is 6.66. The van der Waals surface area contributed by atoms with Gasteiger partial charge in [-0.15, -0.1) is 0 Å². The van der Waals surface area contributed by atoms with E-state index in [1.165, 1.54) is 4.57 Å². The van der Waals surface area contributed by atoms with E-state index in [0.29, 0.717) is 22.0 Å². The number of aliphatic hydroxyl groups is 1. The SMILES string of the molecule is Cc1ccc(C)c(C(=O)Nc2cccc3c(=O)n(CC(C)O)ccc23)c1. The minimum Gasteiger partial charge on any atom is -0.392 e. The number of amides is 1. The summed E-state index contributed by atoms with van der Waals surface area (Å²) in [6.07, 6.45) is 1.03. The molecule has 5 heteroatoms. The lowest BCUT2D eigenvalue weighted by Gasteiger charge is -2.13. The number of aliphatic hydroxyl groups excluding tert-OH is 1. The molecule has 1 aromatic heterocycles. The van der Waals surface area contributed by atoms with Gasteiger partial charge < -0.3 is 15.0 Å². The summed E-state index contributed by atoms with van der Waals surface area (Å²) in [4.78, 5) is 25.3. The first-order valence-corrected chi connectivity index (χ1v) is 8.55. The number of aromatic nitrogens is 1. The molecule has 0 spiro atoms. The Morgan fingerprint density at radius 3 is 2.65 bits per heavy atom. The molecular weight excluding hydrogens is 328 g/mol. The highest BCUT2D eigenvalue weighted by Gasteiger charge is 2.13. The highest BCUT2D eigenvalue weighted by Crippen LogP contribution is 2.22. The van der Waals surface area contributed by atoms with Gasteiger partial charge in [0.05, 0.1) is 12.6 Å². The molecule has 1 unspecified atom stereocenters. The molecule has 1 atom stereocenters. The van der Waals surface area contributed by atoms with Crippen LogP contribution in [0.3, 0.4) is 0 Å². The number of nitrogens with one attached hydrogen (secondary N) is 1. The predicted octanol–water partition coefficient (Wildman–Crippen LogP) is 3.25. The third kappa shape index (κ3) is 3.53. The maximum Gasteiger partial charge on any atom is 0.258 e. The van der Waals surface area contributed by atoms with Crippen molar-refractivity contribution >= 4 is 22.4 Å². The lowest BCUT2D eigenvalue weighted by atomic mass is 10.0. The number of carbonyl (C=O) groups excluding carboxylic acids is 1. The van der Waals surface area contributed by atoms with E-state index in [4.69, 9.17) is 0 Å². The van der Waals surface area contributed by atoms with Gasteiger partial charge in [-0.1, -0.05) is 23.8 Å². The van der Waals surface area contributed by atoms with E-state index in [0.717, 1.165) is 11.1 Å². The van der Waals surface area contributed by atoms with Crippen LogP contribution in [0.5, 0.6) is 0 Å². The first kappa shape index (κ1) is 17.9. The molecule has 26 heavy (non-hydrogen) atoms. The zero-order valence-electron chi connectivity index (χ0n) is 15.1. The normalized spacial score (nSPS) is 12.2. The van der Waals surface area contributed by atoms with Crippen LogP contribution < -0.4 is 10.9 Å². The van der Waals surface area contributed by atoms with Crippen molar-refractivity contribution in [3.05, 3.63) is 75.7 Å². The van der Waals surface area contributed by atoms with Crippen LogP contribution in [0.15, 0.2) is 53.5 Å². The van der Waals surface area contributed by atoms with E-state index in [1.54, 1.807) is 37.4 Å². The fraction of sp³-hybridized carbons (Fsp3) is 0.238. The number of nitrogens with zero attached hydrogens (tertiary/aromatic N) is 1. The molecule has 0 aliphatic carbocycles. The Morgan fingerprint density at radius 2 is 1.92 bits per heavy atom. The highest BCUT2D eigenvalue weighted by molar-refractivity contribution is 6.09. The number of carbonyl (C=O) groups is 1. The molecule has 3 rings (SSSR count). The molecule has 0 bridgehead atoms. The number of anilines is 1. The van der Waals surface area contributed by atoms with Crippen molar-refractivity contribution in [1.29, 1.82) is 0 Å². The molecule has 3 aromatic rings. The standard InChI is InChI=1S/C21H22N2O3/c1-13-7-8-14(2)18(11-13)20(25)22-19-6-4-5-17-16(19)9-10-23(21(17)26)12-15(3)24/h4-11,15,24H,12H2,1-3H3,(H,22,25). The van der Waals surface area contributed by atoms with Crippen molar-refractivity contribution < 1.29 is 9.90 Å². The van der Waals surface area contributed by atoms with Gasteiger partial charge in [0.25, 0.3) is 11.5 Å². The van der Waals surface area contributed by atoms with Gasteiger partial charge in [-0.3, -0.25) is 9.59 Å². The van der Waals surface area contributed by atoms with Crippen LogP contribution in [-0.2, 0) is 6.54 Å². The van der Waals surface area contributed by atoms with Gasteiger partial charge in [0, 0.05) is 28.2 Å². The molecule has 0 radical (unpaired) electrons. The van der Waals surface area contributed by atoms with Gasteiger partial charge in [-0.25, -0.2) is 0 Å². The zero-order valence-corrected chi connectivity index (χ0v) is 15.1. The maximum atomic E-state index is 12.7. The Bertz CT molecular complexity index is 1040. The Morgan fingerprint density at radius 1 is 1.15 bits per heavy atom. The summed E-state index contributed by atoms with van der Waals surface area (Å²) in [5.74, 6) is -0.202. The van der Waals surface area contributed by atoms with Gasteiger partial charge in [-0.2, -0.15) is 0 Å². The summed E-state index contributed by atoms with van der Waals surface area (Å²) in [6, 6.07) is 12.8. The molecule has 0 fully saturated rings. The number of rotatable bonds is 4. The summed E-state index contributed by atoms with van der Waals surface area (Å²) >= 11 is 0. The summed E-state index contributed by atoms with van der Waals surface area (Å²) in [5.41, 5.74) is 2.93. The number of pyridine rings is 1. The smallest absolute Gasteiger partial charge is 0.258 e. The van der Waals surface area contributed by atoms with E-state index >= 15 is 0 Å². The number of hydrogen-bond donors (Lipinski definition) is 2. The van der Waals surface area contributed by atoms with E-state index in [-0.39, 0.29) is 18.0 Å². The van der Waals surface area contributed by atoms with Crippen molar-refractivity contribution in [2.75, 3.05) is 5.32 Å². The van der Waals surface area contributed by atoms with Gasteiger partial charge in [0.15, 0.2) is 0 Å². The Labute approximate surface area is 151 Å². The number of aryl methyl sites for hydroxylation is 2. The van der Waals surface area contributed by atoms with Gasteiger partial charge in [-0.05, 0) is 50.6 Å². The van der Waals surface area contributed by atoms with Crippen molar-refractivity contribution in [3.63, 3.8) is 0 Å². The average Bonchev–Trinajstić information content (AvgIpc) is 2.59. The zero-order chi connectivity index (χ0) is 18.8. The van der Waals surface area contributed by atoms with E-state index in [9.17, 15) is 14.7 Å². The summed E-state index contributed by atoms with van der Waals surface area (Å²) < 4.78 is 1.48. The maximum absolute atomic E-state index is 12.7. The van der Waals surface area contributed by atoms with Crippen LogP contribution in [0, 0.1) is 13.8 Å². The summed E-state index contributed by atoms with van der Waals surface area (Å²) in [7, 11) is 0. The second-order valence-corrected chi connectivity index (χ2v) is 6.66. The van der Waals surface area contributed by atoms with Gasteiger partial charge in [0.2, 0.25) is 0 Å². The van der Waals surface area contributed by atoms with E-state index in [1.807, 2.05) is 32.0 Å². The molecule has 0 aliphatic heterocycles. The lowest BCUT2D eigenvalue weighted by Crippen LogP contribution is -2.25. The summed E-state index contributed by atoms with van der Waals surface area (Å²) in [5, 5.41) is 13.6. The van der Waals surface area contributed by atoms with Crippen LogP contribution in [0.2, 0.25) is 0 Å². The molecule has 2 aromatic carbocycles. The average molecular weight is 350 g/mol. The monoisotopic (exact) mass is 350 g/mol. The molecular formula is C21H22N2O3. The van der Waals surface area contributed by atoms with Crippen LogP contribution in [0.25, 0.3) is 10.8 Å². The molecule has 134 valence electrons. The Hall–Kier alpha value is -2.92. The third-order valence-corrected chi connectivity index (χ3v) is 4.37. The predicted molar refractivity (Wildman–Crippen MR) is 104 cm³/mol. The van der Waals surface area contributed by atoms with E-state index < -0.39 is 6.10 Å². The van der Waals surface area contributed by atoms with Crippen LogP contribution in [0.4, 0.5) is 5.69 Å². The molecule has 0 saturated carbocycles. The molecule has 2 N–H and O–H groups in total. The van der Waals surface area contributed by atoms with Crippen molar-refractivity contribution in [2.45, 2.75) is 33.4 Å². The first-order chi connectivity index (χ1) is 12.4. The van der Waals surface area contributed by atoms with Crippen LogP contribution in [0.1, 0.15) is 28.4 Å². The molecule has 0 saturated heterocycles. The van der Waals surface area contributed by atoms with E-state index in [2.05, 4.69) is 5.32 Å². The lowest BCUT2D eigenvalue weighted by molar-refractivity contribution is 0.102. The molecule has 1 amide bonds. The Kier molecular flexibility index (Phi) is 4.91. The molecule has 0 aliphatic rings. The minimum atomic E-state index is -0.614. The fourth-order valence-corrected chi connectivity index (χ4v) is 3.03. The number of hydrogen-bond acceptors (Lipinski definition) is 3. The number of benzene rings is 2. The second kappa shape index (κ2) is 7.14. The number of fused-ring (bicyclic) bond motifs is 1. The van der Waals surface area contributed by atoms with Crippen LogP contribution in [-0.4, -0.2) is 21.7 Å². The largest absolute Gasteiger partial charge is 0.392 e. The fourth-order valence-electron chi connectivity index (χ4n) is 3.03. The van der Waals surface area contributed by atoms with Gasteiger partial charge >= 0.3 is 0 Å². The third-order valence-electron chi connectivity index (χ3n) is 4.37. The highest BCUT2D eigenvalue weighted by atomic mass is 16.3. The molecule has 5 nitrogen and oxygen atoms in total. The molecule has 1 heterocycles. The van der Waals surface area contributed by atoms with Crippen molar-refractivity contribution in [1.82, 2.24) is 4.57 Å².